The normalized spacial score (nSPS) is 30.4. The first kappa shape index (κ1) is 86.7. The Labute approximate surface area is 625 Å². The van der Waals surface area contributed by atoms with Gasteiger partial charge in [-0.15, -0.1) is 11.6 Å². The van der Waals surface area contributed by atoms with Gasteiger partial charge < -0.3 is 64.8 Å². The van der Waals surface area contributed by atoms with Crippen molar-refractivity contribution in [2.24, 2.45) is 41.4 Å². The highest BCUT2D eigenvalue weighted by Gasteiger charge is 2.53. The number of nitrogens with one attached hydrogen (secondary N) is 3. The maximum atomic E-state index is 15.7. The zero-order chi connectivity index (χ0) is 78.4. The van der Waals surface area contributed by atoms with Crippen molar-refractivity contribution in [2.75, 3.05) is 101 Å². The predicted octanol–water partition coefficient (Wildman–Crippen LogP) is 6.51. The quantitative estimate of drug-likeness (QED) is 0.131. The molecule has 3 N–H and O–H groups in total. The topological polar surface area (TPSA) is 279 Å². The number of ether oxygens (including phenoxy) is 1. The number of fused-ring (bicyclic) bond motifs is 1. The third kappa shape index (κ3) is 22.6. The Hall–Kier alpha value is -6.53. The predicted molar refractivity (Wildman–Crippen MR) is 381 cm³/mol. The number of amides is 12. The second-order valence-electron chi connectivity index (χ2n) is 32.0. The van der Waals surface area contributed by atoms with Gasteiger partial charge in [-0.3, -0.25) is 57.5 Å². The van der Waals surface area contributed by atoms with E-state index in [2.05, 4.69) is 16.0 Å². The van der Waals surface area contributed by atoms with Crippen molar-refractivity contribution in [2.45, 2.75) is 254 Å². The summed E-state index contributed by atoms with van der Waals surface area (Å²) in [6.45, 7) is 6.26. The zero-order valence-corrected chi connectivity index (χ0v) is 64.7. The van der Waals surface area contributed by atoms with Crippen LogP contribution in [0.15, 0.2) is 0 Å². The number of halogens is 7. The minimum absolute atomic E-state index is 0.0144. The monoisotopic (exact) mass is 1530 g/mol. The number of likely N-dealkylation sites (N-methyl/N-ethyl adjacent to an activating group) is 6. The summed E-state index contributed by atoms with van der Waals surface area (Å²) < 4.78 is 91.1. The van der Waals surface area contributed by atoms with E-state index in [4.69, 9.17) is 16.3 Å². The van der Waals surface area contributed by atoms with Crippen LogP contribution in [0.25, 0.3) is 0 Å². The average Bonchev–Trinajstić information content (AvgIpc) is 1.53. The van der Waals surface area contributed by atoms with Crippen molar-refractivity contribution in [1.82, 2.24) is 60.0 Å². The number of carbonyl (C=O) groups excluding carboxylic acids is 12. The van der Waals surface area contributed by atoms with Crippen LogP contribution in [0.2, 0.25) is 0 Å². The van der Waals surface area contributed by atoms with E-state index in [9.17, 15) is 50.3 Å². The summed E-state index contributed by atoms with van der Waals surface area (Å²) in [6, 6.07) is -9.66. The van der Waals surface area contributed by atoms with Gasteiger partial charge in [-0.2, -0.15) is 26.3 Å². The Morgan fingerprint density at radius 3 is 1.84 bits per heavy atom. The lowest BCUT2D eigenvalue weighted by Gasteiger charge is -2.42. The first-order valence-corrected chi connectivity index (χ1v) is 38.9. The van der Waals surface area contributed by atoms with Crippen molar-refractivity contribution >= 4 is 82.5 Å². The molecule has 25 nitrogen and oxygen atoms in total. The van der Waals surface area contributed by atoms with Gasteiger partial charge >= 0.3 is 12.4 Å². The fourth-order valence-electron chi connectivity index (χ4n) is 16.9. The molecule has 3 saturated heterocycles. The molecule has 106 heavy (non-hydrogen) atoms. The standard InChI is InChI=1S/C74H117ClF6N12O13/c1-12-47(5)62-69(103)87(8)43-60(96)85(6)44-61(97)92(33-31-73(76,77)78)57(40-49-23-21-46(4)22-24-49)67(101)86(7)42-58(94)82-53(28-26-48-25-27-51(52(75)39-48)74(79,80)81)66(100)93-32-17-20-54(93)65(99)84-72(29-15-16-30-72)71(105)90(11)63(50-18-13-14-19-50)70(104)89(10)56(68(102)91-34-36-106-37-35-91)41-59(95)88(9)55(38-45(2)3)64(98)83-62/h45-57,62-63H,12-44H2,1-11H3,(H,82,94)(H,83,98)(H,84,99)/t46?,47-,48?,49?,51?,52?,53-,54-,55-,56-,57-,62-,63-/m0/s1. The van der Waals surface area contributed by atoms with Crippen molar-refractivity contribution in [3.8, 4) is 0 Å². The van der Waals surface area contributed by atoms with Crippen LogP contribution >= 0.6 is 11.6 Å². The molecule has 32 heteroatoms. The van der Waals surface area contributed by atoms with E-state index < -0.39 is 199 Å². The van der Waals surface area contributed by atoms with Crippen LogP contribution in [0.4, 0.5) is 26.3 Å². The molecule has 4 saturated carbocycles. The Morgan fingerprint density at radius 1 is 0.632 bits per heavy atom. The summed E-state index contributed by atoms with van der Waals surface area (Å²) in [5, 5.41) is 7.32. The number of rotatable bonds is 13. The summed E-state index contributed by atoms with van der Waals surface area (Å²) in [7, 11) is 7.95. The first-order chi connectivity index (χ1) is 49.8. The molecule has 12 amide bonds. The first-order valence-electron chi connectivity index (χ1n) is 38.5. The van der Waals surface area contributed by atoms with E-state index in [0.29, 0.717) is 76.5 Å². The van der Waals surface area contributed by atoms with Gasteiger partial charge in [0.05, 0.1) is 51.6 Å². The van der Waals surface area contributed by atoms with Gasteiger partial charge in [-0.1, -0.05) is 92.4 Å². The lowest BCUT2D eigenvalue weighted by atomic mass is 9.78. The highest BCUT2D eigenvalue weighted by molar-refractivity contribution is 6.21. The number of hydrogen-bond acceptors (Lipinski definition) is 13. The highest BCUT2D eigenvalue weighted by Crippen LogP contribution is 2.44. The summed E-state index contributed by atoms with van der Waals surface area (Å²) in [6.07, 6.45) is -5.22. The Bertz CT molecular complexity index is 3090. The fraction of sp³-hybridized carbons (Fsp3) is 0.838. The summed E-state index contributed by atoms with van der Waals surface area (Å²) >= 11 is 6.40. The molecule has 3 unspecified atom stereocenters. The van der Waals surface area contributed by atoms with E-state index in [1.807, 2.05) is 20.8 Å². The molecule has 0 aromatic rings. The van der Waals surface area contributed by atoms with Gasteiger partial charge in [0.25, 0.3) is 0 Å². The Morgan fingerprint density at radius 2 is 1.25 bits per heavy atom. The molecule has 0 aromatic heterocycles. The van der Waals surface area contributed by atoms with Crippen molar-refractivity contribution in [3.63, 3.8) is 0 Å². The molecule has 1 spiro atoms. The number of hydrogen-bond donors (Lipinski definition) is 3. The molecule has 7 aliphatic rings. The van der Waals surface area contributed by atoms with Crippen LogP contribution in [0.1, 0.15) is 189 Å². The molecular formula is C74H117ClF6N12O13. The third-order valence-electron chi connectivity index (χ3n) is 23.7. The number of carbonyl (C=O) groups is 12. The minimum atomic E-state index is -4.86. The maximum absolute atomic E-state index is 15.7. The molecule has 7 rings (SSSR count). The minimum Gasteiger partial charge on any atom is -0.378 e. The van der Waals surface area contributed by atoms with Crippen molar-refractivity contribution in [3.05, 3.63) is 0 Å². The van der Waals surface area contributed by atoms with Crippen molar-refractivity contribution < 1.29 is 88.6 Å². The number of alkyl halides is 7. The van der Waals surface area contributed by atoms with Crippen LogP contribution in [-0.4, -0.2) is 282 Å². The summed E-state index contributed by atoms with van der Waals surface area (Å²) in [5.41, 5.74) is -1.62. The lowest BCUT2D eigenvalue weighted by molar-refractivity contribution is -0.182. The zero-order valence-electron chi connectivity index (χ0n) is 64.0. The van der Waals surface area contributed by atoms with E-state index in [1.165, 1.54) is 66.8 Å². The number of nitrogens with zero attached hydrogens (tertiary/aromatic N) is 9. The maximum Gasteiger partial charge on any atom is 0.393 e. The van der Waals surface area contributed by atoms with Crippen LogP contribution in [0.3, 0.4) is 0 Å². The van der Waals surface area contributed by atoms with Crippen LogP contribution in [-0.2, 0) is 62.3 Å². The highest BCUT2D eigenvalue weighted by atomic mass is 35.5. The molecule has 11 atom stereocenters. The van der Waals surface area contributed by atoms with Gasteiger partial charge in [0, 0.05) is 73.8 Å². The molecule has 0 radical (unpaired) electrons. The number of morpholine rings is 1. The molecule has 0 bridgehead atoms. The molecule has 3 heterocycles. The van der Waals surface area contributed by atoms with E-state index in [-0.39, 0.29) is 115 Å². The molecule has 7 fully saturated rings. The molecular weight excluding hydrogens is 1410 g/mol. The smallest absolute Gasteiger partial charge is 0.378 e. The molecule has 3 aliphatic heterocycles. The van der Waals surface area contributed by atoms with E-state index in [1.54, 1.807) is 13.8 Å². The Balaban J connectivity index is 1.31. The van der Waals surface area contributed by atoms with Crippen LogP contribution in [0.5, 0.6) is 0 Å². The fourth-order valence-corrected chi connectivity index (χ4v) is 17.4. The lowest BCUT2D eigenvalue weighted by Crippen LogP contribution is -2.65. The van der Waals surface area contributed by atoms with Crippen molar-refractivity contribution in [1.29, 1.82) is 0 Å². The van der Waals surface area contributed by atoms with Gasteiger partial charge in [0.15, 0.2) is 0 Å². The van der Waals surface area contributed by atoms with E-state index >= 15 is 33.6 Å². The summed E-state index contributed by atoms with van der Waals surface area (Å²) in [5.74, 6) is -12.9. The van der Waals surface area contributed by atoms with Gasteiger partial charge in [-0.25, -0.2) is 0 Å². The van der Waals surface area contributed by atoms with Crippen LogP contribution < -0.4 is 16.0 Å². The Kier molecular flexibility index (Phi) is 31.3. The van der Waals surface area contributed by atoms with E-state index in [0.717, 1.165) is 19.6 Å². The summed E-state index contributed by atoms with van der Waals surface area (Å²) in [4.78, 5) is 191. The molecule has 0 aromatic carbocycles. The average molecular weight is 1530 g/mol. The third-order valence-corrected chi connectivity index (χ3v) is 24.2. The van der Waals surface area contributed by atoms with Gasteiger partial charge in [-0.05, 0) is 119 Å². The van der Waals surface area contributed by atoms with Gasteiger partial charge in [0.1, 0.15) is 47.8 Å². The largest absolute Gasteiger partial charge is 0.393 e. The molecule has 4 aliphatic carbocycles. The van der Waals surface area contributed by atoms with Crippen LogP contribution in [0, 0.1) is 41.4 Å². The SMILES string of the molecule is CC[C@H](C)[C@@H]1NC(=O)[C@H](CC(C)C)N(C)C(=O)C[C@@H](C(=O)N2CCOCC2)N(C)C(=O)[C@H](C2CCCC2)N(C)C(=O)C2(CCCC2)NC(=O)[C@@H]2CCCN2C(=O)[C@H](CCC2CCC(C(F)(F)F)C(Cl)C2)NC(=O)CN(C)C(=O)[C@H](CC2CCC(C)CC2)N(CCC(F)(F)F)C(=O)CN(C)C(=O)CN(C)C1=O. The second kappa shape index (κ2) is 38.2. The second-order valence-corrected chi connectivity index (χ2v) is 32.6. The van der Waals surface area contributed by atoms with Gasteiger partial charge in [0.2, 0.25) is 70.9 Å². The molecule has 600 valence electrons.